The van der Waals surface area contributed by atoms with Crippen LogP contribution in [0.1, 0.15) is 13.3 Å². The zero-order chi connectivity index (χ0) is 11.1. The zero-order valence-corrected chi connectivity index (χ0v) is 9.20. The van der Waals surface area contributed by atoms with Gasteiger partial charge in [-0.3, -0.25) is 0 Å². The van der Waals surface area contributed by atoms with E-state index in [4.69, 9.17) is 26.3 Å². The van der Waals surface area contributed by atoms with Crippen LogP contribution in [0, 0.1) is 11.3 Å². The standard InChI is InChI=1S/C11H12ClNO2/c1-9(14-7-3-6-13)15-11-5-2-4-10(12)8-11/h2,4-5,8-9H,3,7H2,1H3. The van der Waals surface area contributed by atoms with E-state index in [1.807, 2.05) is 6.07 Å². The summed E-state index contributed by atoms with van der Waals surface area (Å²) in [5.41, 5.74) is 0. The summed E-state index contributed by atoms with van der Waals surface area (Å²) in [5.74, 6) is 0.659. The fourth-order valence-corrected chi connectivity index (χ4v) is 1.22. The maximum absolute atomic E-state index is 8.32. The summed E-state index contributed by atoms with van der Waals surface area (Å²) < 4.78 is 10.7. The number of rotatable bonds is 5. The minimum atomic E-state index is -0.378. The van der Waals surface area contributed by atoms with Gasteiger partial charge in [0.25, 0.3) is 0 Å². The van der Waals surface area contributed by atoms with E-state index < -0.39 is 0 Å². The van der Waals surface area contributed by atoms with Crippen LogP contribution in [-0.2, 0) is 4.74 Å². The minimum Gasteiger partial charge on any atom is -0.465 e. The molecular formula is C11H12ClNO2. The van der Waals surface area contributed by atoms with Crippen molar-refractivity contribution in [1.82, 2.24) is 0 Å². The van der Waals surface area contributed by atoms with Gasteiger partial charge in [-0.15, -0.1) is 0 Å². The van der Waals surface area contributed by atoms with Crippen molar-refractivity contribution >= 4 is 11.6 Å². The third kappa shape index (κ3) is 4.68. The van der Waals surface area contributed by atoms with Gasteiger partial charge in [-0.2, -0.15) is 5.26 Å². The Morgan fingerprint density at radius 2 is 2.33 bits per heavy atom. The molecule has 0 heterocycles. The predicted molar refractivity (Wildman–Crippen MR) is 57.7 cm³/mol. The molecule has 0 fully saturated rings. The van der Waals surface area contributed by atoms with Crippen LogP contribution in [0.4, 0.5) is 0 Å². The molecule has 0 saturated heterocycles. The van der Waals surface area contributed by atoms with E-state index in [0.29, 0.717) is 23.8 Å². The first-order chi connectivity index (χ1) is 7.22. The van der Waals surface area contributed by atoms with Gasteiger partial charge in [-0.25, -0.2) is 0 Å². The number of nitriles is 1. The monoisotopic (exact) mass is 225 g/mol. The Labute approximate surface area is 94.2 Å². The minimum absolute atomic E-state index is 0.364. The van der Waals surface area contributed by atoms with E-state index in [0.717, 1.165) is 0 Å². The van der Waals surface area contributed by atoms with Crippen LogP contribution in [0.3, 0.4) is 0 Å². The molecule has 0 aliphatic heterocycles. The van der Waals surface area contributed by atoms with Crippen LogP contribution in [0.2, 0.25) is 5.02 Å². The first kappa shape index (κ1) is 11.8. The zero-order valence-electron chi connectivity index (χ0n) is 8.44. The normalized spacial score (nSPS) is 11.8. The molecule has 1 aromatic carbocycles. The lowest BCUT2D eigenvalue weighted by atomic mass is 10.3. The molecule has 1 rings (SSSR count). The summed E-state index contributed by atoms with van der Waals surface area (Å²) in [6, 6.07) is 9.09. The molecule has 3 nitrogen and oxygen atoms in total. The summed E-state index contributed by atoms with van der Waals surface area (Å²) in [6.07, 6.45) is -0.0136. The van der Waals surface area contributed by atoms with Crippen molar-refractivity contribution in [2.24, 2.45) is 0 Å². The summed E-state index contributed by atoms with van der Waals surface area (Å²) in [7, 11) is 0. The van der Waals surface area contributed by atoms with Crippen LogP contribution in [-0.4, -0.2) is 12.9 Å². The quantitative estimate of drug-likeness (QED) is 0.572. The highest BCUT2D eigenvalue weighted by atomic mass is 35.5. The molecule has 80 valence electrons. The number of ether oxygens (including phenoxy) is 2. The van der Waals surface area contributed by atoms with Crippen molar-refractivity contribution in [2.75, 3.05) is 6.61 Å². The molecule has 0 radical (unpaired) electrons. The molecule has 4 heteroatoms. The van der Waals surface area contributed by atoms with E-state index >= 15 is 0 Å². The topological polar surface area (TPSA) is 42.2 Å². The average Bonchev–Trinajstić information content (AvgIpc) is 2.18. The Balaban J connectivity index is 2.38. The van der Waals surface area contributed by atoms with E-state index in [1.165, 1.54) is 0 Å². The molecule has 0 N–H and O–H groups in total. The highest BCUT2D eigenvalue weighted by Crippen LogP contribution is 2.18. The van der Waals surface area contributed by atoms with Gasteiger partial charge in [0.05, 0.1) is 19.1 Å². The smallest absolute Gasteiger partial charge is 0.197 e. The van der Waals surface area contributed by atoms with Crippen molar-refractivity contribution in [3.8, 4) is 11.8 Å². The lowest BCUT2D eigenvalue weighted by Crippen LogP contribution is -2.16. The Hall–Kier alpha value is -1.24. The van der Waals surface area contributed by atoms with E-state index in [9.17, 15) is 0 Å². The van der Waals surface area contributed by atoms with Crippen molar-refractivity contribution in [3.05, 3.63) is 29.3 Å². The second-order valence-electron chi connectivity index (χ2n) is 2.92. The highest BCUT2D eigenvalue weighted by Gasteiger charge is 2.03. The fraction of sp³-hybridized carbons (Fsp3) is 0.364. The highest BCUT2D eigenvalue weighted by molar-refractivity contribution is 6.30. The molecular weight excluding hydrogens is 214 g/mol. The van der Waals surface area contributed by atoms with Crippen LogP contribution in [0.15, 0.2) is 24.3 Å². The van der Waals surface area contributed by atoms with Gasteiger partial charge in [-0.05, 0) is 25.1 Å². The molecule has 1 unspecified atom stereocenters. The van der Waals surface area contributed by atoms with Crippen LogP contribution >= 0.6 is 11.6 Å². The van der Waals surface area contributed by atoms with Gasteiger partial charge in [0.15, 0.2) is 6.29 Å². The molecule has 0 aliphatic carbocycles. The lowest BCUT2D eigenvalue weighted by molar-refractivity contribution is -0.0644. The second kappa shape index (κ2) is 6.28. The summed E-state index contributed by atoms with van der Waals surface area (Å²) in [6.45, 7) is 2.15. The van der Waals surface area contributed by atoms with Gasteiger partial charge in [0.1, 0.15) is 5.75 Å². The van der Waals surface area contributed by atoms with Crippen LogP contribution < -0.4 is 4.74 Å². The average molecular weight is 226 g/mol. The number of nitrogens with zero attached hydrogens (tertiary/aromatic N) is 1. The first-order valence-electron chi connectivity index (χ1n) is 4.63. The molecule has 15 heavy (non-hydrogen) atoms. The second-order valence-corrected chi connectivity index (χ2v) is 3.36. The number of halogens is 1. The molecule has 0 aromatic heterocycles. The van der Waals surface area contributed by atoms with E-state index in [-0.39, 0.29) is 6.29 Å². The summed E-state index contributed by atoms with van der Waals surface area (Å²) in [4.78, 5) is 0. The summed E-state index contributed by atoms with van der Waals surface area (Å²) in [5, 5.41) is 8.94. The number of benzene rings is 1. The lowest BCUT2D eigenvalue weighted by Gasteiger charge is -2.14. The first-order valence-corrected chi connectivity index (χ1v) is 5.01. The molecule has 1 aromatic rings. The predicted octanol–water partition coefficient (Wildman–Crippen LogP) is 3.00. The molecule has 0 spiro atoms. The van der Waals surface area contributed by atoms with Crippen molar-refractivity contribution < 1.29 is 9.47 Å². The van der Waals surface area contributed by atoms with Gasteiger partial charge in [0, 0.05) is 5.02 Å². The van der Waals surface area contributed by atoms with Gasteiger partial charge >= 0.3 is 0 Å². The molecule has 0 amide bonds. The van der Waals surface area contributed by atoms with Gasteiger partial charge in [0.2, 0.25) is 0 Å². The Morgan fingerprint density at radius 3 is 3.00 bits per heavy atom. The number of hydrogen-bond acceptors (Lipinski definition) is 3. The molecule has 0 bridgehead atoms. The Kier molecular flexibility index (Phi) is 4.96. The van der Waals surface area contributed by atoms with Crippen molar-refractivity contribution in [1.29, 1.82) is 5.26 Å². The SMILES string of the molecule is CC(OCCC#N)Oc1cccc(Cl)c1. The Morgan fingerprint density at radius 1 is 1.53 bits per heavy atom. The van der Waals surface area contributed by atoms with Crippen LogP contribution in [0.25, 0.3) is 0 Å². The van der Waals surface area contributed by atoms with Crippen molar-refractivity contribution in [2.45, 2.75) is 19.6 Å². The van der Waals surface area contributed by atoms with E-state index in [1.54, 1.807) is 31.2 Å². The van der Waals surface area contributed by atoms with Crippen LogP contribution in [0.5, 0.6) is 5.75 Å². The third-order valence-corrected chi connectivity index (χ3v) is 1.90. The third-order valence-electron chi connectivity index (χ3n) is 1.66. The fourth-order valence-electron chi connectivity index (χ4n) is 1.04. The Bertz CT molecular complexity index is 349. The van der Waals surface area contributed by atoms with E-state index in [2.05, 4.69) is 0 Å². The molecule has 1 atom stereocenters. The van der Waals surface area contributed by atoms with Gasteiger partial charge in [-0.1, -0.05) is 17.7 Å². The maximum Gasteiger partial charge on any atom is 0.197 e. The van der Waals surface area contributed by atoms with Crippen molar-refractivity contribution in [3.63, 3.8) is 0 Å². The molecule has 0 saturated carbocycles. The largest absolute Gasteiger partial charge is 0.465 e. The van der Waals surface area contributed by atoms with Gasteiger partial charge < -0.3 is 9.47 Å². The summed E-state index contributed by atoms with van der Waals surface area (Å²) >= 11 is 5.79. The maximum atomic E-state index is 8.32. The molecule has 0 aliphatic rings. The number of hydrogen-bond donors (Lipinski definition) is 0.